The van der Waals surface area contributed by atoms with Gasteiger partial charge in [0.05, 0.1) is 10.9 Å². The third-order valence-electron chi connectivity index (χ3n) is 2.47. The Morgan fingerprint density at radius 1 is 1.32 bits per heavy atom. The zero-order valence-corrected chi connectivity index (χ0v) is 15.5. The summed E-state index contributed by atoms with van der Waals surface area (Å²) in [5.41, 5.74) is -1.85. The fraction of sp³-hybridized carbons (Fsp3) is 0.500. The van der Waals surface area contributed by atoms with Crippen LogP contribution in [-0.4, -0.2) is 36.0 Å². The molecule has 1 aromatic rings. The Morgan fingerprint density at radius 3 is 2.36 bits per heavy atom. The number of nitrogens with zero attached hydrogens (tertiary/aromatic N) is 2. The Labute approximate surface area is 140 Å². The molecule has 122 valence electrons. The minimum atomic E-state index is -2.44. The molecule has 0 bridgehead atoms. The lowest BCUT2D eigenvalue weighted by molar-refractivity contribution is 0.0560. The van der Waals surface area contributed by atoms with Crippen molar-refractivity contribution < 1.29 is 17.9 Å². The minimum absolute atomic E-state index is 0.287. The van der Waals surface area contributed by atoms with Gasteiger partial charge < -0.3 is 4.74 Å². The molecule has 0 aliphatic carbocycles. The molecule has 1 rings (SSSR count). The van der Waals surface area contributed by atoms with E-state index in [0.717, 1.165) is 5.37 Å². The number of halogens is 1. The molecule has 0 aliphatic rings. The summed E-state index contributed by atoms with van der Waals surface area (Å²) in [6.45, 7) is 8.39. The molecule has 6 nitrogen and oxygen atoms in total. The van der Waals surface area contributed by atoms with Crippen molar-refractivity contribution in [2.24, 2.45) is 0 Å². The summed E-state index contributed by atoms with van der Waals surface area (Å²) in [5, 5.41) is 1.03. The number of anilines is 1. The van der Waals surface area contributed by atoms with Crippen LogP contribution in [-0.2, 0) is 15.0 Å². The van der Waals surface area contributed by atoms with E-state index >= 15 is 0 Å². The number of ether oxygens (including phenoxy) is 1. The third-order valence-corrected chi connectivity index (χ3v) is 3.74. The minimum Gasteiger partial charge on any atom is -0.443 e. The van der Waals surface area contributed by atoms with Gasteiger partial charge in [-0.25, -0.2) is 9.78 Å². The van der Waals surface area contributed by atoms with Gasteiger partial charge in [-0.05, 0) is 46.8 Å². The Bertz CT molecular complexity index is 685. The number of hydrogen-bond acceptors (Lipinski definition) is 5. The number of rotatable bonds is 3. The summed E-state index contributed by atoms with van der Waals surface area (Å²) < 4.78 is 28.2. The van der Waals surface area contributed by atoms with Crippen LogP contribution in [0, 0.1) is 0 Å². The van der Waals surface area contributed by atoms with Crippen molar-refractivity contribution in [2.45, 2.75) is 45.8 Å². The Kier molecular flexibility index (Phi) is 5.75. The summed E-state index contributed by atoms with van der Waals surface area (Å²) in [5.74, 6) is 0.287. The highest BCUT2D eigenvalue weighted by Crippen LogP contribution is 2.26. The number of hydrogen-bond donors (Lipinski definition) is 0. The van der Waals surface area contributed by atoms with Gasteiger partial charge in [0.2, 0.25) is 10.3 Å². The van der Waals surface area contributed by atoms with E-state index < -0.39 is 27.5 Å². The maximum Gasteiger partial charge on any atom is 0.416 e. The molecule has 0 atom stereocenters. The highest BCUT2D eigenvalue weighted by Gasteiger charge is 2.35. The topological polar surface area (TPSA) is 76.6 Å². The van der Waals surface area contributed by atoms with Crippen molar-refractivity contribution in [1.29, 1.82) is 0 Å². The molecule has 22 heavy (non-hydrogen) atoms. The molecule has 0 saturated carbocycles. The number of aromatic nitrogens is 1. The van der Waals surface area contributed by atoms with Gasteiger partial charge >= 0.3 is 6.09 Å². The first-order valence-corrected chi connectivity index (χ1v) is 8.44. The van der Waals surface area contributed by atoms with E-state index in [9.17, 15) is 13.2 Å². The molecule has 8 heteroatoms. The lowest BCUT2D eigenvalue weighted by Gasteiger charge is -2.35. The van der Waals surface area contributed by atoms with Crippen LogP contribution in [0.5, 0.6) is 0 Å². The van der Waals surface area contributed by atoms with Crippen LogP contribution in [0.2, 0.25) is 0 Å². The van der Waals surface area contributed by atoms with Crippen molar-refractivity contribution in [3.8, 4) is 0 Å². The van der Waals surface area contributed by atoms with Crippen molar-refractivity contribution in [1.82, 2.24) is 4.98 Å². The molecule has 0 unspecified atom stereocenters. The van der Waals surface area contributed by atoms with Gasteiger partial charge in [0.15, 0.2) is 0 Å². The fourth-order valence-corrected chi connectivity index (χ4v) is 2.63. The van der Waals surface area contributed by atoms with Crippen LogP contribution in [0.3, 0.4) is 0 Å². The first-order chi connectivity index (χ1) is 9.92. The van der Waals surface area contributed by atoms with Gasteiger partial charge in [0, 0.05) is 10.7 Å². The smallest absolute Gasteiger partial charge is 0.416 e. The van der Waals surface area contributed by atoms with Gasteiger partial charge in [-0.3, -0.25) is 4.90 Å². The third kappa shape index (κ3) is 5.42. The normalized spacial score (nSPS) is 11.7. The summed E-state index contributed by atoms with van der Waals surface area (Å²) >= 11 is 3.31. The Hall–Kier alpha value is -1.41. The monoisotopic (exact) mass is 390 g/mol. The molecule has 0 aromatic carbocycles. The number of carbonyl (C=O) groups is 1. The van der Waals surface area contributed by atoms with E-state index in [1.54, 1.807) is 46.8 Å². The van der Waals surface area contributed by atoms with Gasteiger partial charge in [0.25, 0.3) is 0 Å². The van der Waals surface area contributed by atoms with E-state index in [-0.39, 0.29) is 5.82 Å². The van der Waals surface area contributed by atoms with Crippen molar-refractivity contribution >= 4 is 43.5 Å². The van der Waals surface area contributed by atoms with Crippen molar-refractivity contribution in [3.63, 3.8) is 0 Å². The molecule has 1 aromatic heterocycles. The highest BCUT2D eigenvalue weighted by atomic mass is 79.9. The molecule has 0 N–H and O–H groups in total. The van der Waals surface area contributed by atoms with Crippen LogP contribution in [0.1, 0.15) is 34.6 Å². The zero-order valence-electron chi connectivity index (χ0n) is 13.1. The van der Waals surface area contributed by atoms with E-state index in [1.165, 1.54) is 11.1 Å². The lowest BCUT2D eigenvalue weighted by atomic mass is 10.1. The predicted molar refractivity (Wildman–Crippen MR) is 89.7 cm³/mol. The highest BCUT2D eigenvalue weighted by molar-refractivity contribution is 9.10. The maximum atomic E-state index is 12.5. The van der Waals surface area contributed by atoms with Crippen LogP contribution in [0.4, 0.5) is 10.6 Å². The molecule has 0 fully saturated rings. The summed E-state index contributed by atoms with van der Waals surface area (Å²) in [4.78, 5) is 17.9. The molecule has 1 amide bonds. The number of pyridine rings is 1. The summed E-state index contributed by atoms with van der Waals surface area (Å²) in [6.07, 6.45) is 0.839. The van der Waals surface area contributed by atoms with E-state index in [2.05, 4.69) is 20.9 Å². The van der Waals surface area contributed by atoms with Crippen LogP contribution >= 0.6 is 15.9 Å². The Morgan fingerprint density at radius 2 is 1.91 bits per heavy atom. The molecule has 0 saturated heterocycles. The molecular formula is C14H19BrN2O4S. The van der Waals surface area contributed by atoms with Crippen LogP contribution in [0.25, 0.3) is 0 Å². The van der Waals surface area contributed by atoms with Crippen molar-refractivity contribution in [2.75, 3.05) is 4.90 Å². The molecule has 1 heterocycles. The second kappa shape index (κ2) is 6.78. The fourth-order valence-electron chi connectivity index (χ4n) is 1.74. The molecule has 0 aliphatic heterocycles. The van der Waals surface area contributed by atoms with Gasteiger partial charge in [0.1, 0.15) is 11.4 Å². The van der Waals surface area contributed by atoms with Crippen LogP contribution < -0.4 is 4.90 Å². The van der Waals surface area contributed by atoms with Gasteiger partial charge in [-0.2, -0.15) is 8.42 Å². The summed E-state index contributed by atoms with van der Waals surface area (Å²) in [6, 6.07) is 3.33. The van der Waals surface area contributed by atoms with E-state index in [0.29, 0.717) is 4.47 Å². The maximum absolute atomic E-state index is 12.5. The molecule has 0 radical (unpaired) electrons. The average molecular weight is 391 g/mol. The zero-order chi connectivity index (χ0) is 17.1. The number of carbonyl (C=O) groups excluding carboxylic acids is 1. The number of amides is 1. The second-order valence-electron chi connectivity index (χ2n) is 6.18. The van der Waals surface area contributed by atoms with Gasteiger partial charge in [-0.1, -0.05) is 15.9 Å². The largest absolute Gasteiger partial charge is 0.443 e. The van der Waals surface area contributed by atoms with Crippen LogP contribution in [0.15, 0.2) is 22.8 Å². The van der Waals surface area contributed by atoms with Gasteiger partial charge in [-0.15, -0.1) is 0 Å². The van der Waals surface area contributed by atoms with E-state index in [4.69, 9.17) is 4.74 Å². The molecular weight excluding hydrogens is 372 g/mol. The standard InChI is InChI=1S/C14H19BrN2O4S/c1-13(2,3)21-12(18)17(14(4,5)9-22(19)20)11-8-10(15)6-7-16-11/h6-9H,1-5H3. The first-order valence-electron chi connectivity index (χ1n) is 6.51. The average Bonchev–Trinajstić information content (AvgIpc) is 2.23. The predicted octanol–water partition coefficient (Wildman–Crippen LogP) is 3.05. The Balaban J connectivity index is 3.39. The SMILES string of the molecule is CC(C)(C)OC(=O)N(c1cc(Br)ccn1)C(C)(C)C=S(=O)=O. The molecule has 0 spiro atoms. The van der Waals surface area contributed by atoms with E-state index in [1.807, 2.05) is 0 Å². The van der Waals surface area contributed by atoms with Crippen molar-refractivity contribution in [3.05, 3.63) is 22.8 Å². The first kappa shape index (κ1) is 18.6. The second-order valence-corrected chi connectivity index (χ2v) is 7.85. The lowest BCUT2D eigenvalue weighted by Crippen LogP contribution is -2.51. The quantitative estimate of drug-likeness (QED) is 0.741. The summed E-state index contributed by atoms with van der Waals surface area (Å²) in [7, 11) is -2.44.